The van der Waals surface area contributed by atoms with Crippen molar-refractivity contribution in [3.05, 3.63) is 106 Å². The van der Waals surface area contributed by atoms with Crippen LogP contribution < -0.4 is 16.0 Å². The highest BCUT2D eigenvalue weighted by atomic mass is 35.5. The Morgan fingerprint density at radius 1 is 0.635 bits per heavy atom. The predicted octanol–water partition coefficient (Wildman–Crippen LogP) is 6.59. The average Bonchev–Trinajstić information content (AvgIpc) is 3.48. The lowest BCUT2D eigenvalue weighted by Crippen LogP contribution is -2.60. The number of hydrogen-bond donors (Lipinski definition) is 6. The number of halogens is 2. The summed E-state index contributed by atoms with van der Waals surface area (Å²) in [5.74, 6) is -1.52. The number of benzene rings is 4. The number of carbonyl (C=O) groups is 4. The molecule has 4 atom stereocenters. The number of aliphatic hydroxyl groups is 2. The minimum atomic E-state index is -1.27. The quantitative estimate of drug-likeness (QED) is 0.131. The number of aliphatic hydroxyl groups excluding tert-OH is 2. The summed E-state index contributed by atoms with van der Waals surface area (Å²) in [4.78, 5) is 54.2. The van der Waals surface area contributed by atoms with Gasteiger partial charge in [0, 0.05) is 73.8 Å². The third-order valence-electron chi connectivity index (χ3n) is 11.7. The summed E-state index contributed by atoms with van der Waals surface area (Å²) in [6, 6.07) is 27.2. The first-order chi connectivity index (χ1) is 29.7. The summed E-state index contributed by atoms with van der Waals surface area (Å²) in [6.45, 7) is 15.8. The van der Waals surface area contributed by atoms with Crippen LogP contribution in [0.25, 0.3) is 22.3 Å². The highest BCUT2D eigenvalue weighted by molar-refractivity contribution is 6.31. The van der Waals surface area contributed by atoms with Crippen LogP contribution in [0.15, 0.2) is 84.9 Å². The molecular formula is C48H58Cl2N6O7. The fourth-order valence-corrected chi connectivity index (χ4v) is 8.02. The van der Waals surface area contributed by atoms with Crippen LogP contribution in [-0.4, -0.2) is 117 Å². The maximum atomic E-state index is 13.0. The number of nitrogens with one attached hydrogen (secondary N) is 3. The highest BCUT2D eigenvalue weighted by Gasteiger charge is 2.40. The van der Waals surface area contributed by atoms with E-state index in [4.69, 9.17) is 33.4 Å². The molecule has 6 N–H and O–H groups in total. The average molecular weight is 902 g/mol. The lowest BCUT2D eigenvalue weighted by Gasteiger charge is -2.41. The normalized spacial score (nSPS) is 19.9. The molecule has 63 heavy (non-hydrogen) atoms. The van der Waals surface area contributed by atoms with Gasteiger partial charge < -0.3 is 36.2 Å². The van der Waals surface area contributed by atoms with E-state index in [9.17, 15) is 24.3 Å². The van der Waals surface area contributed by atoms with Crippen LogP contribution in [0, 0.1) is 10.8 Å². The highest BCUT2D eigenvalue weighted by Crippen LogP contribution is 2.33. The van der Waals surface area contributed by atoms with Crippen LogP contribution in [0.2, 0.25) is 10.0 Å². The third kappa shape index (κ3) is 11.8. The van der Waals surface area contributed by atoms with E-state index in [0.717, 1.165) is 69.4 Å². The zero-order chi connectivity index (χ0) is 45.8. The van der Waals surface area contributed by atoms with Gasteiger partial charge >= 0.3 is 5.97 Å². The Kier molecular flexibility index (Phi) is 15.0. The molecule has 336 valence electrons. The van der Waals surface area contributed by atoms with Crippen LogP contribution >= 0.6 is 23.2 Å². The Morgan fingerprint density at radius 3 is 1.52 bits per heavy atom. The molecule has 8 rings (SSSR count). The van der Waals surface area contributed by atoms with Gasteiger partial charge in [0.1, 0.15) is 18.2 Å². The minimum absolute atomic E-state index is 0.0789. The second kappa shape index (κ2) is 19.9. The van der Waals surface area contributed by atoms with Crippen molar-refractivity contribution in [2.75, 3.05) is 49.9 Å². The van der Waals surface area contributed by atoms with E-state index in [1.54, 1.807) is 25.7 Å². The van der Waals surface area contributed by atoms with Crippen LogP contribution in [0.1, 0.15) is 52.7 Å². The van der Waals surface area contributed by atoms with Crippen molar-refractivity contribution in [1.82, 2.24) is 20.0 Å². The monoisotopic (exact) mass is 900 g/mol. The van der Waals surface area contributed by atoms with Crippen molar-refractivity contribution in [3.63, 3.8) is 0 Å². The van der Waals surface area contributed by atoms with E-state index < -0.39 is 35.0 Å². The van der Waals surface area contributed by atoms with Gasteiger partial charge in [0.05, 0.1) is 0 Å². The largest absolute Gasteiger partial charge is 0.479 e. The smallest absolute Gasteiger partial charge is 0.333 e. The van der Waals surface area contributed by atoms with Crippen molar-refractivity contribution in [2.24, 2.45) is 10.8 Å². The van der Waals surface area contributed by atoms with Gasteiger partial charge in [-0.1, -0.05) is 101 Å². The van der Waals surface area contributed by atoms with E-state index in [1.807, 2.05) is 93.6 Å². The Hall–Kier alpha value is -4.86. The standard InChI is InChI=1S/C24H28ClN3O3.C18H18ClN3O.C6H12O3/c1-24(2,3)21(29)23(31)28-11-10-27-13-17-12-16(15-4-7-18(25)8-5-15)6-9-19(17)26-22(30)20(27)14-28;19-15-4-1-12(2-5-15)13-3-6-16-14(9-13)11-22-8-7-20-10-17(22)18(23)21-16;1-6(2,3)4(7)5(8)9/h4-9,12,20-21,29H,10-11,13-14H2,1-3H3,(H,26,30);1-6,9,17,20H,7-8,10-11H2,(H,21,23);4,7H,1-3H3,(H,8,9)/t20?,21-;;4-/m1.1/s1. The van der Waals surface area contributed by atoms with Crippen LogP contribution in [0.4, 0.5) is 11.4 Å². The number of hydrogen-bond acceptors (Lipinski definition) is 9. The van der Waals surface area contributed by atoms with Gasteiger partial charge in [-0.15, -0.1) is 0 Å². The van der Waals surface area contributed by atoms with E-state index in [-0.39, 0.29) is 30.3 Å². The molecule has 4 aromatic carbocycles. The number of carboxylic acids is 1. The maximum Gasteiger partial charge on any atom is 0.333 e. The van der Waals surface area contributed by atoms with E-state index in [1.165, 1.54) is 0 Å². The Labute approximate surface area is 379 Å². The summed E-state index contributed by atoms with van der Waals surface area (Å²) in [5.41, 5.74) is 7.20. The van der Waals surface area contributed by atoms with Gasteiger partial charge in [0.15, 0.2) is 6.10 Å². The molecule has 0 radical (unpaired) electrons. The van der Waals surface area contributed by atoms with Crippen LogP contribution in [-0.2, 0) is 32.3 Å². The SMILES string of the molecule is CC(C)(C)[C@H](O)C(=O)N1CCN2Cc3cc(-c4ccc(Cl)cc4)ccc3NC(=O)C2C1.CC(C)(C)[C@H](O)C(=O)O.O=C1Nc2ccc(-c3ccc(Cl)cc3)cc2CN2CCNCC12. The molecule has 2 saturated heterocycles. The Morgan fingerprint density at radius 2 is 1.08 bits per heavy atom. The number of piperazine rings is 2. The Bertz CT molecular complexity index is 2290. The molecule has 13 nitrogen and oxygen atoms in total. The number of fused-ring (bicyclic) bond motifs is 4. The molecule has 2 unspecified atom stereocenters. The number of carbonyl (C=O) groups excluding carboxylic acids is 3. The molecule has 4 aliphatic heterocycles. The number of aliphatic carboxylic acids is 1. The van der Waals surface area contributed by atoms with Gasteiger partial charge in [0.25, 0.3) is 5.91 Å². The zero-order valence-electron chi connectivity index (χ0n) is 36.6. The molecule has 15 heteroatoms. The van der Waals surface area contributed by atoms with Gasteiger partial charge in [-0.2, -0.15) is 0 Å². The zero-order valence-corrected chi connectivity index (χ0v) is 38.1. The fraction of sp³-hybridized carbons (Fsp3) is 0.417. The Balaban J connectivity index is 0.000000181. The third-order valence-corrected chi connectivity index (χ3v) is 12.2. The topological polar surface area (TPSA) is 175 Å². The summed E-state index contributed by atoms with van der Waals surface area (Å²) in [6.07, 6.45) is -2.36. The molecule has 2 fully saturated rings. The van der Waals surface area contributed by atoms with Crippen LogP contribution in [0.5, 0.6) is 0 Å². The second-order valence-electron chi connectivity index (χ2n) is 18.6. The van der Waals surface area contributed by atoms with Gasteiger partial charge in [-0.3, -0.25) is 24.2 Å². The first-order valence-electron chi connectivity index (χ1n) is 21.2. The number of carboxylic acid groups (broad SMARTS) is 1. The van der Waals surface area contributed by atoms with Crippen molar-refractivity contribution in [3.8, 4) is 22.3 Å². The molecule has 0 bridgehead atoms. The minimum Gasteiger partial charge on any atom is -0.479 e. The van der Waals surface area contributed by atoms with E-state index in [2.05, 4.69) is 37.9 Å². The lowest BCUT2D eigenvalue weighted by atomic mass is 9.88. The number of amides is 3. The summed E-state index contributed by atoms with van der Waals surface area (Å²) in [5, 5.41) is 38.4. The van der Waals surface area contributed by atoms with Crippen molar-refractivity contribution in [2.45, 2.75) is 78.9 Å². The van der Waals surface area contributed by atoms with Crippen LogP contribution in [0.3, 0.4) is 0 Å². The molecule has 0 saturated carbocycles. The summed E-state index contributed by atoms with van der Waals surface area (Å²) >= 11 is 12.0. The molecule has 4 heterocycles. The maximum absolute atomic E-state index is 13.0. The molecule has 4 aromatic rings. The molecule has 0 aromatic heterocycles. The molecular weight excluding hydrogens is 843 g/mol. The predicted molar refractivity (Wildman–Crippen MR) is 247 cm³/mol. The number of anilines is 2. The molecule has 3 amide bonds. The first-order valence-corrected chi connectivity index (χ1v) is 21.9. The molecule has 4 aliphatic rings. The summed E-state index contributed by atoms with van der Waals surface area (Å²) < 4.78 is 0. The fourth-order valence-electron chi connectivity index (χ4n) is 7.77. The first kappa shape index (κ1) is 47.6. The second-order valence-corrected chi connectivity index (χ2v) is 19.4. The van der Waals surface area contributed by atoms with E-state index in [0.29, 0.717) is 31.2 Å². The number of nitrogens with zero attached hydrogens (tertiary/aromatic N) is 3. The molecule has 0 aliphatic carbocycles. The lowest BCUT2D eigenvalue weighted by molar-refractivity contribution is -0.152. The van der Waals surface area contributed by atoms with Crippen molar-refractivity contribution < 1.29 is 34.5 Å². The van der Waals surface area contributed by atoms with Gasteiger partial charge in [-0.05, 0) is 92.7 Å². The van der Waals surface area contributed by atoms with Crippen molar-refractivity contribution in [1.29, 1.82) is 0 Å². The number of rotatable bonds is 4. The van der Waals surface area contributed by atoms with Gasteiger partial charge in [-0.25, -0.2) is 4.79 Å². The van der Waals surface area contributed by atoms with E-state index >= 15 is 0 Å². The van der Waals surface area contributed by atoms with Gasteiger partial charge in [0.2, 0.25) is 11.8 Å². The van der Waals surface area contributed by atoms with Crippen molar-refractivity contribution >= 4 is 58.3 Å². The summed E-state index contributed by atoms with van der Waals surface area (Å²) in [7, 11) is 0. The molecule has 0 spiro atoms.